The first-order valence-electron chi connectivity index (χ1n) is 40.9. The lowest BCUT2D eigenvalue weighted by molar-refractivity contribution is -0.256. The molecule has 1 atom stereocenters. The summed E-state index contributed by atoms with van der Waals surface area (Å²) in [5.74, 6) is 7.19. The van der Waals surface area contributed by atoms with E-state index in [-0.39, 0.29) is 34.9 Å². The molecular weight excluding hydrogens is 1350 g/mol. The Kier molecular flexibility index (Phi) is 22.6. The number of rotatable bonds is 23. The number of esters is 2. The minimum Gasteiger partial charge on any atom is -0.497 e. The minimum absolute atomic E-state index is 0.00602. The molecule has 2 saturated heterocycles. The van der Waals surface area contributed by atoms with Crippen molar-refractivity contribution in [2.75, 3.05) is 93.3 Å². The number of alkyl halides is 3. The Labute approximate surface area is 632 Å². The number of halogens is 3. The van der Waals surface area contributed by atoms with Gasteiger partial charge in [0.05, 0.1) is 37.4 Å². The second-order valence-electron chi connectivity index (χ2n) is 32.5. The van der Waals surface area contributed by atoms with Crippen molar-refractivity contribution in [3.63, 3.8) is 0 Å². The van der Waals surface area contributed by atoms with Crippen molar-refractivity contribution in [2.24, 2.45) is 47.3 Å². The number of carbonyl (C=O) groups is 2. The molecule has 12 nitrogen and oxygen atoms in total. The van der Waals surface area contributed by atoms with Gasteiger partial charge in [-0.1, -0.05) is 146 Å². The maximum absolute atomic E-state index is 16.8. The Morgan fingerprint density at radius 3 is 1.29 bits per heavy atom. The third kappa shape index (κ3) is 15.1. The maximum atomic E-state index is 16.8. The van der Waals surface area contributed by atoms with E-state index in [1.807, 2.05) is 91.0 Å². The molecule has 0 N–H and O–H groups in total. The zero-order valence-electron chi connectivity index (χ0n) is 63.8. The summed E-state index contributed by atoms with van der Waals surface area (Å²) in [6.07, 6.45) is 28.5. The number of methoxy groups -OCH3 is 3. The zero-order valence-corrected chi connectivity index (χ0v) is 63.8. The number of hydrogen-bond donors (Lipinski definition) is 0. The average molecular weight is 1460 g/mol. The van der Waals surface area contributed by atoms with Gasteiger partial charge in [0.15, 0.2) is 5.60 Å². The molecule has 8 aliphatic rings. The number of nitrogens with zero attached hydrogens (tertiary/aromatic N) is 4. The number of piperazine rings is 2. The first kappa shape index (κ1) is 74.3. The number of ether oxygens (including phenoxy) is 6. The topological polar surface area (TPSA) is 102 Å². The summed E-state index contributed by atoms with van der Waals surface area (Å²) in [4.78, 5) is 37.1. The van der Waals surface area contributed by atoms with Crippen LogP contribution in [-0.4, -0.2) is 91.8 Å². The largest absolute Gasteiger partial charge is 0.497 e. The lowest BCUT2D eigenvalue weighted by Gasteiger charge is -2.43. The molecule has 7 aromatic carbocycles. The van der Waals surface area contributed by atoms with Gasteiger partial charge in [0.2, 0.25) is 5.60 Å². The molecule has 568 valence electrons. The van der Waals surface area contributed by atoms with Crippen LogP contribution in [0.2, 0.25) is 0 Å². The van der Waals surface area contributed by atoms with Gasteiger partial charge in [-0.15, -0.1) is 0 Å². The predicted octanol–water partition coefficient (Wildman–Crippen LogP) is 21.5. The Bertz CT molecular complexity index is 4160. The van der Waals surface area contributed by atoms with Crippen LogP contribution in [0.3, 0.4) is 0 Å². The number of unbranched alkanes of at least 4 members (excludes halogenated alkanes) is 4. The standard InChI is InChI=1S/C92H111F3N4O8/c1-6-8-10-14-62-18-22-64(23-19-62)66-26-30-68(31-27-66)88(100)105-76-46-38-72(39-47-76)96-52-56-98(57-53-96)83-60-80-81(61-84(83)99-58-54-97(55-59-99)73-40-48-77(49-41-73)106-89(101)69-32-28-67(29-33-69)65-24-20-63(21-25-65)15-11-9-7-2)87-79(86-85(80)78-16-12-13-17-82(78)91(86,104-5)92(93,94)95)50-51-90(107-87,70-34-42-74(102-3)43-35-70)71-36-44-75(103-4)45-37-71/h12-13,16-17,34-51,60-69H,6-11,14-15,18-33,52-59H2,1-5H3. The van der Waals surface area contributed by atoms with Crippen molar-refractivity contribution in [2.45, 2.75) is 185 Å². The van der Waals surface area contributed by atoms with E-state index in [0.717, 1.165) is 128 Å². The van der Waals surface area contributed by atoms with Crippen molar-refractivity contribution >= 4 is 51.5 Å². The van der Waals surface area contributed by atoms with E-state index >= 15 is 13.2 Å². The third-order valence-electron chi connectivity index (χ3n) is 26.7. The maximum Gasteiger partial charge on any atom is 0.426 e. The monoisotopic (exact) mass is 1460 g/mol. The van der Waals surface area contributed by atoms with Crippen LogP contribution in [-0.2, 0) is 25.5 Å². The Morgan fingerprint density at radius 1 is 0.477 bits per heavy atom. The summed E-state index contributed by atoms with van der Waals surface area (Å²) in [6.45, 7) is 9.74. The Morgan fingerprint density at radius 2 is 0.879 bits per heavy atom. The second kappa shape index (κ2) is 32.6. The van der Waals surface area contributed by atoms with Crippen LogP contribution in [0.15, 0.2) is 140 Å². The van der Waals surface area contributed by atoms with Gasteiger partial charge in [0, 0.05) is 104 Å². The molecule has 0 spiro atoms. The van der Waals surface area contributed by atoms with Crippen molar-refractivity contribution in [3.05, 3.63) is 167 Å². The molecule has 7 aromatic rings. The molecule has 15 rings (SSSR count). The number of carbonyl (C=O) groups excluding carboxylic acids is 2. The molecule has 0 amide bonds. The highest BCUT2D eigenvalue weighted by Crippen LogP contribution is 2.64. The van der Waals surface area contributed by atoms with Crippen LogP contribution >= 0.6 is 0 Å². The Balaban J connectivity index is 0.705. The molecule has 15 heteroatoms. The van der Waals surface area contributed by atoms with Crippen LogP contribution in [0.5, 0.6) is 28.7 Å². The van der Waals surface area contributed by atoms with E-state index in [9.17, 15) is 9.59 Å². The van der Waals surface area contributed by atoms with Crippen molar-refractivity contribution in [3.8, 4) is 39.9 Å². The van der Waals surface area contributed by atoms with Gasteiger partial charge in [-0.2, -0.15) is 13.2 Å². The molecule has 1 unspecified atom stereocenters. The lowest BCUT2D eigenvalue weighted by Crippen LogP contribution is -2.49. The predicted molar refractivity (Wildman–Crippen MR) is 423 cm³/mol. The summed E-state index contributed by atoms with van der Waals surface area (Å²) in [5, 5.41) is 1.29. The van der Waals surface area contributed by atoms with Gasteiger partial charge >= 0.3 is 18.1 Å². The van der Waals surface area contributed by atoms with E-state index < -0.39 is 17.4 Å². The highest BCUT2D eigenvalue weighted by atomic mass is 19.4. The minimum atomic E-state index is -4.90. The van der Waals surface area contributed by atoms with Crippen LogP contribution in [0, 0.1) is 47.3 Å². The average Bonchev–Trinajstić information content (AvgIpc) is 1.54. The molecule has 4 saturated carbocycles. The van der Waals surface area contributed by atoms with Gasteiger partial charge in [-0.05, 0) is 220 Å². The van der Waals surface area contributed by atoms with Crippen LogP contribution in [0.25, 0.3) is 28.0 Å². The summed E-state index contributed by atoms with van der Waals surface area (Å²) >= 11 is 0. The van der Waals surface area contributed by atoms with Crippen LogP contribution in [0.1, 0.15) is 196 Å². The smallest absolute Gasteiger partial charge is 0.426 e. The fourth-order valence-electron chi connectivity index (χ4n) is 20.4. The zero-order chi connectivity index (χ0) is 73.8. The Hall–Kier alpha value is -8.17. The normalized spacial score (nSPS) is 25.0. The third-order valence-corrected chi connectivity index (χ3v) is 26.7. The van der Waals surface area contributed by atoms with Crippen LogP contribution in [0.4, 0.5) is 35.9 Å². The fraction of sp³-hybridized carbons (Fsp3) is 0.522. The first-order chi connectivity index (χ1) is 52.2. The van der Waals surface area contributed by atoms with Gasteiger partial charge in [0.25, 0.3) is 0 Å². The van der Waals surface area contributed by atoms with E-state index in [1.54, 1.807) is 32.4 Å². The first-order valence-corrected chi connectivity index (χ1v) is 40.9. The molecule has 0 aromatic heterocycles. The number of fused-ring (bicyclic) bond motifs is 8. The number of anilines is 4. The quantitative estimate of drug-likeness (QED) is 0.0346. The van der Waals surface area contributed by atoms with Gasteiger partial charge in [-0.25, -0.2) is 0 Å². The van der Waals surface area contributed by atoms with Gasteiger partial charge in [0.1, 0.15) is 28.7 Å². The molecule has 3 heterocycles. The van der Waals surface area contributed by atoms with E-state index in [0.29, 0.717) is 109 Å². The van der Waals surface area contributed by atoms with Gasteiger partial charge < -0.3 is 48.0 Å². The van der Waals surface area contributed by atoms with Crippen LogP contribution < -0.4 is 43.3 Å². The summed E-state index contributed by atoms with van der Waals surface area (Å²) < 4.78 is 87.7. The summed E-state index contributed by atoms with van der Waals surface area (Å²) in [7, 11) is 4.40. The summed E-state index contributed by atoms with van der Waals surface area (Å²) in [5.41, 5.74) is 2.45. The molecule has 3 aliphatic heterocycles. The van der Waals surface area contributed by atoms with Crippen molar-refractivity contribution in [1.29, 1.82) is 0 Å². The SMILES string of the molecule is CCCCCC1CCC(C2CCC(C(=O)Oc3ccc(N4CCN(c5cc6c7c(c8c(c6cc5N5CCN(c6ccc(OC(=O)C9CCC(C%10CCC(CCCCC)CC%10)CC9)cc6)CC5)-c5ccccc5C8(OC)C(F)(F)F)C=CC(c5ccc(OC)cc5)(c5ccc(OC)cc5)O7)CC4)cc3)CC2)CC1. The fourth-order valence-corrected chi connectivity index (χ4v) is 20.4. The molecular formula is C92H111F3N4O8. The molecule has 0 radical (unpaired) electrons. The lowest BCUT2D eigenvalue weighted by atomic mass is 9.68. The van der Waals surface area contributed by atoms with E-state index in [2.05, 4.69) is 69.8 Å². The molecule has 5 aliphatic carbocycles. The molecule has 0 bridgehead atoms. The van der Waals surface area contributed by atoms with E-state index in [4.69, 9.17) is 28.4 Å². The number of hydrogen-bond acceptors (Lipinski definition) is 12. The highest BCUT2D eigenvalue weighted by molar-refractivity contribution is 6.11. The van der Waals surface area contributed by atoms with Crippen molar-refractivity contribution < 1.29 is 51.2 Å². The molecule has 107 heavy (non-hydrogen) atoms. The second-order valence-corrected chi connectivity index (χ2v) is 32.5. The highest BCUT2D eigenvalue weighted by Gasteiger charge is 2.64. The molecule has 6 fully saturated rings. The summed E-state index contributed by atoms with van der Waals surface area (Å²) in [6, 6.07) is 42.4. The van der Waals surface area contributed by atoms with E-state index in [1.165, 1.54) is 103 Å². The van der Waals surface area contributed by atoms with Crippen molar-refractivity contribution in [1.82, 2.24) is 0 Å². The number of benzene rings is 7. The van der Waals surface area contributed by atoms with Gasteiger partial charge in [-0.3, -0.25) is 9.59 Å².